The van der Waals surface area contributed by atoms with E-state index in [0.29, 0.717) is 28.3 Å². The van der Waals surface area contributed by atoms with Crippen molar-refractivity contribution in [2.24, 2.45) is 0 Å². The van der Waals surface area contributed by atoms with E-state index in [1.807, 2.05) is 25.1 Å². The number of aromatic nitrogens is 2. The average molecular weight is 443 g/mol. The summed E-state index contributed by atoms with van der Waals surface area (Å²) in [7, 11) is 0. The van der Waals surface area contributed by atoms with E-state index >= 15 is 0 Å². The summed E-state index contributed by atoms with van der Waals surface area (Å²) in [6.07, 6.45) is 1.44. The molecule has 4 heterocycles. The number of aromatic amines is 1. The fourth-order valence-electron chi connectivity index (χ4n) is 4.19. The highest BCUT2D eigenvalue weighted by Crippen LogP contribution is 2.43. The zero-order chi connectivity index (χ0) is 22.7. The second-order valence-corrected chi connectivity index (χ2v) is 7.83. The summed E-state index contributed by atoms with van der Waals surface area (Å²) >= 11 is 0. The first-order chi connectivity index (χ1) is 16.0. The van der Waals surface area contributed by atoms with Gasteiger partial charge < -0.3 is 24.0 Å². The Hall–Kier alpha value is -4.53. The Labute approximate surface area is 186 Å². The largest absolute Gasteiger partial charge is 0.507 e. The molecule has 2 aromatic carbocycles. The van der Waals surface area contributed by atoms with Gasteiger partial charge in [-0.2, -0.15) is 0 Å². The van der Waals surface area contributed by atoms with Crippen LogP contribution in [0.25, 0.3) is 16.8 Å². The highest BCUT2D eigenvalue weighted by atomic mass is 16.7. The van der Waals surface area contributed by atoms with Gasteiger partial charge in [0.25, 0.3) is 5.78 Å². The molecule has 0 bridgehead atoms. The molecule has 2 N–H and O–H groups in total. The van der Waals surface area contributed by atoms with E-state index < -0.39 is 17.7 Å². The Morgan fingerprint density at radius 1 is 1.12 bits per heavy atom. The van der Waals surface area contributed by atoms with Gasteiger partial charge in [0.15, 0.2) is 11.5 Å². The predicted molar refractivity (Wildman–Crippen MR) is 117 cm³/mol. The van der Waals surface area contributed by atoms with E-state index in [1.165, 1.54) is 11.2 Å². The van der Waals surface area contributed by atoms with Crippen molar-refractivity contribution >= 4 is 34.4 Å². The molecule has 4 aromatic rings. The topological polar surface area (TPSA) is 118 Å². The molecule has 9 nitrogen and oxygen atoms in total. The molecule has 0 saturated carbocycles. The number of carbonyl (C=O) groups excluding carboxylic acids is 2. The molecular formula is C24H17N3O6. The van der Waals surface area contributed by atoms with Crippen molar-refractivity contribution in [1.82, 2.24) is 9.97 Å². The van der Waals surface area contributed by atoms with E-state index in [-0.39, 0.29) is 24.1 Å². The zero-order valence-electron chi connectivity index (χ0n) is 17.4. The summed E-state index contributed by atoms with van der Waals surface area (Å²) in [4.78, 5) is 35.2. The maximum atomic E-state index is 13.2. The summed E-state index contributed by atoms with van der Waals surface area (Å²) in [6.45, 7) is 2.02. The lowest BCUT2D eigenvalue weighted by Crippen LogP contribution is -2.30. The highest BCUT2D eigenvalue weighted by Gasteiger charge is 2.49. The number of nitrogens with one attached hydrogen (secondary N) is 1. The summed E-state index contributed by atoms with van der Waals surface area (Å²) in [6, 6.07) is 12.7. The number of hydrogen-bond donors (Lipinski definition) is 2. The van der Waals surface area contributed by atoms with Crippen molar-refractivity contribution in [3.05, 3.63) is 77.3 Å². The number of rotatable bonds is 3. The van der Waals surface area contributed by atoms with Crippen molar-refractivity contribution in [3.63, 3.8) is 0 Å². The van der Waals surface area contributed by atoms with Gasteiger partial charge in [-0.3, -0.25) is 14.5 Å². The quantitative estimate of drug-likeness (QED) is 0.281. The molecule has 6 rings (SSSR count). The molecule has 1 atom stereocenters. The Balaban J connectivity index is 1.53. The summed E-state index contributed by atoms with van der Waals surface area (Å²) in [5, 5.41) is 11.2. The molecule has 2 aliphatic heterocycles. The molecule has 9 heteroatoms. The molecule has 2 aromatic heterocycles. The van der Waals surface area contributed by atoms with Crippen LogP contribution in [0, 0.1) is 6.92 Å². The third-order valence-electron chi connectivity index (χ3n) is 5.76. The number of amides is 1. The lowest BCUT2D eigenvalue weighted by Gasteiger charge is -2.20. The van der Waals surface area contributed by atoms with Crippen LogP contribution in [0.3, 0.4) is 0 Å². The van der Waals surface area contributed by atoms with Gasteiger partial charge in [-0.05, 0) is 55.0 Å². The molecular weight excluding hydrogens is 426 g/mol. The van der Waals surface area contributed by atoms with Crippen LogP contribution >= 0.6 is 0 Å². The Kier molecular flexibility index (Phi) is 4.06. The number of ketones is 1. The second-order valence-electron chi connectivity index (χ2n) is 7.83. The van der Waals surface area contributed by atoms with Crippen molar-refractivity contribution < 1.29 is 28.6 Å². The molecule has 1 saturated heterocycles. The van der Waals surface area contributed by atoms with Gasteiger partial charge >= 0.3 is 5.91 Å². The number of aliphatic hydroxyl groups is 1. The Morgan fingerprint density at radius 2 is 1.97 bits per heavy atom. The first-order valence-electron chi connectivity index (χ1n) is 10.2. The molecule has 1 amide bonds. The van der Waals surface area contributed by atoms with Gasteiger partial charge in [-0.15, -0.1) is 0 Å². The van der Waals surface area contributed by atoms with Gasteiger partial charge in [0.1, 0.15) is 17.6 Å². The number of aliphatic hydroxyl groups excluding tert-OH is 1. The van der Waals surface area contributed by atoms with Gasteiger partial charge in [0.05, 0.1) is 22.9 Å². The molecule has 164 valence electrons. The van der Waals surface area contributed by atoms with Crippen molar-refractivity contribution in [1.29, 1.82) is 0 Å². The zero-order valence-corrected chi connectivity index (χ0v) is 17.4. The maximum Gasteiger partial charge on any atom is 0.302 e. The molecule has 0 radical (unpaired) electrons. The van der Waals surface area contributed by atoms with Crippen LogP contribution < -0.4 is 14.4 Å². The van der Waals surface area contributed by atoms with Gasteiger partial charge in [-0.25, -0.2) is 4.98 Å². The number of hydrogen-bond acceptors (Lipinski definition) is 7. The lowest BCUT2D eigenvalue weighted by atomic mass is 9.99. The number of carbonyl (C=O) groups is 2. The Morgan fingerprint density at radius 3 is 2.79 bits per heavy atom. The van der Waals surface area contributed by atoms with Gasteiger partial charge in [0.2, 0.25) is 12.7 Å². The molecule has 0 spiro atoms. The van der Waals surface area contributed by atoms with Crippen molar-refractivity contribution in [2.75, 3.05) is 11.7 Å². The number of ether oxygens (including phenoxy) is 2. The number of Topliss-reactive ketones (excluding diaryl/α,β-unsaturated/α-hetero) is 1. The monoisotopic (exact) mass is 443 g/mol. The molecule has 0 aliphatic carbocycles. The number of benzene rings is 2. The maximum absolute atomic E-state index is 13.2. The first kappa shape index (κ1) is 19.2. The van der Waals surface area contributed by atoms with E-state index in [4.69, 9.17) is 13.9 Å². The van der Waals surface area contributed by atoms with E-state index in [0.717, 1.165) is 11.1 Å². The van der Waals surface area contributed by atoms with Crippen LogP contribution in [0.4, 0.5) is 5.95 Å². The molecule has 33 heavy (non-hydrogen) atoms. The van der Waals surface area contributed by atoms with E-state index in [2.05, 4.69) is 9.97 Å². The van der Waals surface area contributed by atoms with Crippen LogP contribution in [-0.2, 0) is 9.59 Å². The minimum Gasteiger partial charge on any atom is -0.507 e. The number of H-pyrrole nitrogens is 1. The third-order valence-corrected chi connectivity index (χ3v) is 5.76. The number of aryl methyl sites for hydroxylation is 1. The highest BCUT2D eigenvalue weighted by molar-refractivity contribution is 6.51. The first-order valence-corrected chi connectivity index (χ1v) is 10.2. The predicted octanol–water partition coefficient (Wildman–Crippen LogP) is 3.82. The summed E-state index contributed by atoms with van der Waals surface area (Å²) < 4.78 is 16.3. The van der Waals surface area contributed by atoms with Crippen LogP contribution in [0.5, 0.6) is 11.5 Å². The van der Waals surface area contributed by atoms with E-state index in [1.54, 1.807) is 30.3 Å². The van der Waals surface area contributed by atoms with Crippen molar-refractivity contribution in [3.8, 4) is 11.5 Å². The average Bonchev–Trinajstić information content (AvgIpc) is 3.59. The van der Waals surface area contributed by atoms with Crippen LogP contribution in [-0.4, -0.2) is 33.6 Å². The number of fused-ring (bicyclic) bond motifs is 2. The smallest absolute Gasteiger partial charge is 0.302 e. The molecule has 2 aliphatic rings. The van der Waals surface area contributed by atoms with Gasteiger partial charge in [-0.1, -0.05) is 6.07 Å². The molecule has 1 unspecified atom stereocenters. The summed E-state index contributed by atoms with van der Waals surface area (Å²) in [5.74, 6) is -0.542. The normalized spacial score (nSPS) is 19.1. The van der Waals surface area contributed by atoms with Gasteiger partial charge in [0, 0.05) is 5.56 Å². The third kappa shape index (κ3) is 2.89. The number of imidazole rings is 1. The van der Waals surface area contributed by atoms with E-state index in [9.17, 15) is 14.7 Å². The number of nitrogens with zero attached hydrogens (tertiary/aromatic N) is 2. The Bertz CT molecular complexity index is 1470. The minimum absolute atomic E-state index is 0.0713. The van der Waals surface area contributed by atoms with Crippen LogP contribution in [0.1, 0.15) is 22.9 Å². The second kappa shape index (κ2) is 6.99. The van der Waals surface area contributed by atoms with Crippen LogP contribution in [0.15, 0.2) is 64.8 Å². The number of anilines is 1. The SMILES string of the molecule is Cc1ccc2nc(N3C(=O)C(=O)/C(=C(/O)c4ccc5c(c4)OCO5)C3c3ccco3)[nH]c2c1. The fraction of sp³-hybridized carbons (Fsp3) is 0.125. The summed E-state index contributed by atoms with van der Waals surface area (Å²) in [5.41, 5.74) is 2.59. The minimum atomic E-state index is -1.01. The number of furan rings is 1. The fourth-order valence-corrected chi connectivity index (χ4v) is 4.19. The standard InChI is InChI=1S/C24H17N3O6/c1-12-4-6-14-15(9-12)26-24(25-14)27-20(17-3-2-8-31-17)19(22(29)23(27)30)21(28)13-5-7-16-18(10-13)33-11-32-16/h2-10,20,28H,11H2,1H3,(H,25,26)/b21-19+. The van der Waals surface area contributed by atoms with Crippen molar-refractivity contribution in [2.45, 2.75) is 13.0 Å². The molecule has 1 fully saturated rings. The lowest BCUT2D eigenvalue weighted by molar-refractivity contribution is -0.132. The van der Waals surface area contributed by atoms with Crippen LogP contribution in [0.2, 0.25) is 0 Å².